The van der Waals surface area contributed by atoms with Crippen LogP contribution in [0.5, 0.6) is 0 Å². The molecule has 6 nitrogen and oxygen atoms in total. The Morgan fingerprint density at radius 1 is 1.23 bits per heavy atom. The van der Waals surface area contributed by atoms with Gasteiger partial charge in [-0.1, -0.05) is 0 Å². The monoisotopic (exact) mass is 304 g/mol. The first kappa shape index (κ1) is 14.5. The number of pyridine rings is 1. The van der Waals surface area contributed by atoms with Crippen molar-refractivity contribution in [3.8, 4) is 0 Å². The van der Waals surface area contributed by atoms with E-state index in [-0.39, 0.29) is 5.43 Å². The second-order valence-electron chi connectivity index (χ2n) is 5.31. The highest BCUT2D eigenvalue weighted by Gasteiger charge is 2.20. The summed E-state index contributed by atoms with van der Waals surface area (Å²) in [5, 5.41) is 4.72. The van der Waals surface area contributed by atoms with Gasteiger partial charge >= 0.3 is 0 Å². The zero-order chi connectivity index (χ0) is 15.7. The molecule has 1 aromatic heterocycles. The van der Waals surface area contributed by atoms with Crippen LogP contribution in [0.4, 0.5) is 10.1 Å². The summed E-state index contributed by atoms with van der Waals surface area (Å²) >= 11 is 0. The maximum atomic E-state index is 14.4. The van der Waals surface area contributed by atoms with Crippen LogP contribution in [0.25, 0.3) is 10.9 Å². The number of fused-ring (bicyclic) bond motifs is 1. The maximum Gasteiger partial charge on any atom is 0.189 e. The Balaban J connectivity index is 2.05. The normalized spacial score (nSPS) is 15.4. The molecule has 1 aliphatic heterocycles. The summed E-state index contributed by atoms with van der Waals surface area (Å²) in [6.45, 7) is 4.66. The molecular formula is C15H17FN4O2. The standard InChI is InChI=1S/C15H17FN4O2/c1-2-18-4-3-15(21)11-9-12(16)14(10-13(11)18)19-5-7-20(17-22)8-6-19/h3-4,9-10H,2,5-8H2,1H3. The largest absolute Gasteiger partial charge is 0.365 e. The Kier molecular flexibility index (Phi) is 3.79. The van der Waals surface area contributed by atoms with Crippen molar-refractivity contribution in [2.75, 3.05) is 31.1 Å². The molecule has 0 amide bonds. The Labute approximate surface area is 126 Å². The number of aromatic nitrogens is 1. The van der Waals surface area contributed by atoms with E-state index >= 15 is 0 Å². The van der Waals surface area contributed by atoms with Crippen molar-refractivity contribution in [1.82, 2.24) is 9.58 Å². The van der Waals surface area contributed by atoms with Gasteiger partial charge in [0.05, 0.1) is 29.6 Å². The first-order valence-corrected chi connectivity index (χ1v) is 7.30. The number of nitroso groups, excluding NO2 is 1. The smallest absolute Gasteiger partial charge is 0.189 e. The van der Waals surface area contributed by atoms with Gasteiger partial charge in [-0.2, -0.15) is 0 Å². The molecule has 0 aliphatic carbocycles. The van der Waals surface area contributed by atoms with E-state index in [2.05, 4.69) is 5.29 Å². The van der Waals surface area contributed by atoms with Crippen molar-refractivity contribution in [2.45, 2.75) is 13.5 Å². The number of halogens is 1. The predicted molar refractivity (Wildman–Crippen MR) is 83.4 cm³/mol. The quantitative estimate of drug-likeness (QED) is 0.813. The van der Waals surface area contributed by atoms with Crippen molar-refractivity contribution < 1.29 is 4.39 Å². The van der Waals surface area contributed by atoms with E-state index in [9.17, 15) is 14.1 Å². The van der Waals surface area contributed by atoms with Gasteiger partial charge in [-0.15, -0.1) is 4.91 Å². The minimum Gasteiger partial charge on any atom is -0.365 e. The van der Waals surface area contributed by atoms with E-state index in [0.717, 1.165) is 5.52 Å². The summed E-state index contributed by atoms with van der Waals surface area (Å²) in [6, 6.07) is 4.49. The van der Waals surface area contributed by atoms with Crippen LogP contribution in [0.2, 0.25) is 0 Å². The van der Waals surface area contributed by atoms with Crippen molar-refractivity contribution >= 4 is 16.6 Å². The number of nitrogens with zero attached hydrogens (tertiary/aromatic N) is 4. The molecule has 0 N–H and O–H groups in total. The number of rotatable bonds is 3. The first-order valence-electron chi connectivity index (χ1n) is 7.30. The van der Waals surface area contributed by atoms with Crippen molar-refractivity contribution in [3.63, 3.8) is 0 Å². The molecule has 2 aromatic rings. The third-order valence-electron chi connectivity index (χ3n) is 4.10. The molecule has 0 bridgehead atoms. The number of piperazine rings is 1. The summed E-state index contributed by atoms with van der Waals surface area (Å²) in [6.07, 6.45) is 1.72. The van der Waals surface area contributed by atoms with E-state index in [1.165, 1.54) is 17.1 Å². The average Bonchev–Trinajstić information content (AvgIpc) is 2.55. The number of anilines is 1. The van der Waals surface area contributed by atoms with Crippen LogP contribution in [-0.4, -0.2) is 35.8 Å². The molecule has 116 valence electrons. The summed E-state index contributed by atoms with van der Waals surface area (Å²) < 4.78 is 16.3. The summed E-state index contributed by atoms with van der Waals surface area (Å²) in [5.41, 5.74) is 1.01. The summed E-state index contributed by atoms with van der Waals surface area (Å²) in [7, 11) is 0. The Bertz CT molecular complexity index is 766. The van der Waals surface area contributed by atoms with Gasteiger partial charge in [-0.05, 0) is 19.1 Å². The van der Waals surface area contributed by atoms with Gasteiger partial charge in [-0.25, -0.2) is 4.39 Å². The van der Waals surface area contributed by atoms with Gasteiger partial charge in [0.25, 0.3) is 0 Å². The molecule has 0 spiro atoms. The SMILES string of the molecule is CCn1ccc(=O)c2cc(F)c(N3CCN(N=O)CC3)cc21. The van der Waals surface area contributed by atoms with Gasteiger partial charge in [0.1, 0.15) is 5.82 Å². The molecule has 1 saturated heterocycles. The summed E-state index contributed by atoms with van der Waals surface area (Å²) in [5.74, 6) is -0.411. The van der Waals surface area contributed by atoms with E-state index in [4.69, 9.17) is 0 Å². The highest BCUT2D eigenvalue weighted by molar-refractivity contribution is 5.83. The zero-order valence-electron chi connectivity index (χ0n) is 12.3. The van der Waals surface area contributed by atoms with E-state index in [1.54, 1.807) is 12.3 Å². The summed E-state index contributed by atoms with van der Waals surface area (Å²) in [4.78, 5) is 24.3. The first-order chi connectivity index (χ1) is 10.6. The molecule has 1 aromatic carbocycles. The third kappa shape index (κ3) is 2.43. The molecule has 0 radical (unpaired) electrons. The topological polar surface area (TPSA) is 57.9 Å². The molecule has 22 heavy (non-hydrogen) atoms. The van der Waals surface area contributed by atoms with Gasteiger partial charge in [-0.3, -0.25) is 9.80 Å². The average molecular weight is 304 g/mol. The van der Waals surface area contributed by atoms with Gasteiger partial charge in [0, 0.05) is 37.3 Å². The number of benzene rings is 1. The van der Waals surface area contributed by atoms with Crippen LogP contribution in [0.1, 0.15) is 6.92 Å². The number of hydrogen-bond donors (Lipinski definition) is 0. The lowest BCUT2D eigenvalue weighted by molar-refractivity contribution is 0.266. The number of hydrogen-bond acceptors (Lipinski definition) is 4. The molecule has 1 aliphatic rings. The predicted octanol–water partition coefficient (Wildman–Crippen LogP) is 1.96. The Morgan fingerprint density at radius 3 is 2.59 bits per heavy atom. The van der Waals surface area contributed by atoms with Crippen LogP contribution in [0.3, 0.4) is 0 Å². The minimum atomic E-state index is -0.411. The maximum absolute atomic E-state index is 14.4. The van der Waals surface area contributed by atoms with Crippen LogP contribution < -0.4 is 10.3 Å². The second kappa shape index (κ2) is 5.75. The van der Waals surface area contributed by atoms with Gasteiger partial charge < -0.3 is 9.47 Å². The molecule has 7 heteroatoms. The number of aryl methyl sites for hydroxylation is 1. The van der Waals surface area contributed by atoms with Crippen molar-refractivity contribution in [2.24, 2.45) is 5.29 Å². The van der Waals surface area contributed by atoms with Crippen LogP contribution in [0, 0.1) is 10.7 Å². The highest BCUT2D eigenvalue weighted by Crippen LogP contribution is 2.25. The third-order valence-corrected chi connectivity index (χ3v) is 4.10. The molecule has 0 saturated carbocycles. The molecule has 3 rings (SSSR count). The molecule has 1 fully saturated rings. The zero-order valence-corrected chi connectivity index (χ0v) is 12.3. The van der Waals surface area contributed by atoms with E-state index < -0.39 is 5.82 Å². The minimum absolute atomic E-state index is 0.180. The van der Waals surface area contributed by atoms with E-state index in [0.29, 0.717) is 43.8 Å². The molecule has 0 unspecified atom stereocenters. The fourth-order valence-corrected chi connectivity index (χ4v) is 2.85. The van der Waals surface area contributed by atoms with Gasteiger partial charge in [0.2, 0.25) is 0 Å². The fraction of sp³-hybridized carbons (Fsp3) is 0.400. The lowest BCUT2D eigenvalue weighted by atomic mass is 10.1. The lowest BCUT2D eigenvalue weighted by Crippen LogP contribution is -2.44. The lowest BCUT2D eigenvalue weighted by Gasteiger charge is -2.33. The van der Waals surface area contributed by atoms with Crippen LogP contribution >= 0.6 is 0 Å². The van der Waals surface area contributed by atoms with Crippen LogP contribution in [0.15, 0.2) is 34.5 Å². The second-order valence-corrected chi connectivity index (χ2v) is 5.31. The van der Waals surface area contributed by atoms with Crippen molar-refractivity contribution in [3.05, 3.63) is 45.3 Å². The molecular weight excluding hydrogens is 287 g/mol. The van der Waals surface area contributed by atoms with Crippen molar-refractivity contribution in [1.29, 1.82) is 0 Å². The highest BCUT2D eigenvalue weighted by atomic mass is 19.1. The fourth-order valence-electron chi connectivity index (χ4n) is 2.85. The Hall–Kier alpha value is -2.44. The molecule has 2 heterocycles. The van der Waals surface area contributed by atoms with Gasteiger partial charge in [0.15, 0.2) is 5.43 Å². The van der Waals surface area contributed by atoms with E-state index in [1.807, 2.05) is 16.4 Å². The van der Waals surface area contributed by atoms with Crippen LogP contribution in [-0.2, 0) is 6.54 Å². The Morgan fingerprint density at radius 2 is 1.95 bits per heavy atom. The molecule has 0 atom stereocenters.